The molecule has 3 aromatic rings. The molecular weight excluding hydrogens is 358 g/mol. The van der Waals surface area contributed by atoms with Crippen LogP contribution in [0.25, 0.3) is 10.6 Å². The summed E-state index contributed by atoms with van der Waals surface area (Å²) in [5.41, 5.74) is 9.18. The number of nitrogens with one attached hydrogen (secondary N) is 1. The molecule has 0 bridgehead atoms. The van der Waals surface area contributed by atoms with Crippen molar-refractivity contribution in [3.05, 3.63) is 46.5 Å². The number of thiazole rings is 1. The molecule has 0 saturated carbocycles. The van der Waals surface area contributed by atoms with Crippen molar-refractivity contribution in [2.24, 2.45) is 0 Å². The Bertz CT molecular complexity index is 782. The van der Waals surface area contributed by atoms with E-state index in [1.165, 1.54) is 11.3 Å². The lowest BCUT2D eigenvalue weighted by atomic mass is 10.2. The highest BCUT2D eigenvalue weighted by Gasteiger charge is 2.14. The fraction of sp³-hybridized carbons (Fsp3) is 0.294. The molecule has 3 N–H and O–H groups in total. The van der Waals surface area contributed by atoms with Crippen molar-refractivity contribution >= 4 is 33.7 Å². The number of nitrogen functional groups attached to an aromatic ring is 1. The normalized spacial score (nSPS) is 10.9. The van der Waals surface area contributed by atoms with E-state index in [1.54, 1.807) is 17.6 Å². The Morgan fingerprint density at radius 1 is 1.32 bits per heavy atom. The van der Waals surface area contributed by atoms with Gasteiger partial charge in [0.15, 0.2) is 5.13 Å². The summed E-state index contributed by atoms with van der Waals surface area (Å²) in [6.07, 6.45) is 4.13. The van der Waals surface area contributed by atoms with E-state index in [0.29, 0.717) is 24.6 Å². The van der Waals surface area contributed by atoms with Gasteiger partial charge in [-0.25, -0.2) is 10.5 Å². The second-order valence-corrected chi connectivity index (χ2v) is 7.42. The number of thiophene rings is 1. The van der Waals surface area contributed by atoms with Crippen LogP contribution in [-0.4, -0.2) is 17.5 Å². The standard InChI is InChI=1S/C17H19N3O3S2/c18-17-19-16(13-6-3-11-24-13)14(25-17)7-8-15(21)20-23-10-2-5-12-4-1-9-22-12/h1,3-4,6,9,11H,2,5,7-8,10H2,(H2,18,19)(H,20,21). The van der Waals surface area contributed by atoms with Crippen molar-refractivity contribution in [1.82, 2.24) is 10.5 Å². The lowest BCUT2D eigenvalue weighted by Crippen LogP contribution is -2.24. The molecule has 0 atom stereocenters. The van der Waals surface area contributed by atoms with Gasteiger partial charge in [0.25, 0.3) is 0 Å². The van der Waals surface area contributed by atoms with Crippen molar-refractivity contribution in [2.45, 2.75) is 25.7 Å². The highest BCUT2D eigenvalue weighted by Crippen LogP contribution is 2.33. The molecule has 0 unspecified atom stereocenters. The number of aryl methyl sites for hydroxylation is 2. The zero-order valence-corrected chi connectivity index (χ0v) is 15.2. The van der Waals surface area contributed by atoms with Crippen LogP contribution in [0.4, 0.5) is 5.13 Å². The summed E-state index contributed by atoms with van der Waals surface area (Å²) < 4.78 is 5.24. The monoisotopic (exact) mass is 377 g/mol. The van der Waals surface area contributed by atoms with Crippen LogP contribution < -0.4 is 11.2 Å². The highest BCUT2D eigenvalue weighted by molar-refractivity contribution is 7.17. The van der Waals surface area contributed by atoms with E-state index in [2.05, 4.69) is 10.5 Å². The molecule has 0 radical (unpaired) electrons. The van der Waals surface area contributed by atoms with Gasteiger partial charge in [0.1, 0.15) is 5.76 Å². The molecule has 1 amide bonds. The number of carbonyl (C=O) groups is 1. The van der Waals surface area contributed by atoms with Gasteiger partial charge in [-0.15, -0.1) is 22.7 Å². The predicted molar refractivity (Wildman–Crippen MR) is 99.3 cm³/mol. The Labute approximate surface area is 153 Å². The van der Waals surface area contributed by atoms with E-state index in [-0.39, 0.29) is 5.91 Å². The number of hydrogen-bond acceptors (Lipinski definition) is 7. The number of hydroxylamine groups is 1. The molecule has 0 saturated heterocycles. The first kappa shape index (κ1) is 17.7. The fourth-order valence-corrected chi connectivity index (χ4v) is 3.98. The van der Waals surface area contributed by atoms with Gasteiger partial charge in [0, 0.05) is 17.7 Å². The van der Waals surface area contributed by atoms with E-state index >= 15 is 0 Å². The SMILES string of the molecule is Nc1nc(-c2cccs2)c(CCC(=O)NOCCCc2ccco2)s1. The maximum atomic E-state index is 11.9. The molecule has 0 spiro atoms. The molecule has 0 aliphatic carbocycles. The van der Waals surface area contributed by atoms with Crippen molar-refractivity contribution in [3.8, 4) is 10.6 Å². The average Bonchev–Trinajstić information content (AvgIpc) is 3.34. The Kier molecular flexibility index (Phi) is 6.21. The van der Waals surface area contributed by atoms with Crippen LogP contribution in [0.5, 0.6) is 0 Å². The second-order valence-electron chi connectivity index (χ2n) is 5.36. The van der Waals surface area contributed by atoms with E-state index in [4.69, 9.17) is 15.0 Å². The topological polar surface area (TPSA) is 90.4 Å². The highest BCUT2D eigenvalue weighted by atomic mass is 32.1. The number of rotatable bonds is 9. The molecule has 0 aliphatic heterocycles. The van der Waals surface area contributed by atoms with Crippen LogP contribution >= 0.6 is 22.7 Å². The molecule has 3 heterocycles. The van der Waals surface area contributed by atoms with Gasteiger partial charge < -0.3 is 10.2 Å². The third-order valence-electron chi connectivity index (χ3n) is 3.48. The number of hydrogen-bond donors (Lipinski definition) is 2. The number of anilines is 1. The molecule has 0 fully saturated rings. The van der Waals surface area contributed by atoms with Gasteiger partial charge in [-0.3, -0.25) is 9.63 Å². The largest absolute Gasteiger partial charge is 0.469 e. The van der Waals surface area contributed by atoms with Gasteiger partial charge >= 0.3 is 0 Å². The molecule has 8 heteroatoms. The molecule has 132 valence electrons. The third-order valence-corrected chi connectivity index (χ3v) is 5.30. The quantitative estimate of drug-likeness (QED) is 0.439. The zero-order chi connectivity index (χ0) is 17.5. The fourth-order valence-electron chi connectivity index (χ4n) is 2.33. The maximum absolute atomic E-state index is 11.9. The number of carbonyl (C=O) groups excluding carboxylic acids is 1. The minimum absolute atomic E-state index is 0.151. The lowest BCUT2D eigenvalue weighted by Gasteiger charge is -2.05. The van der Waals surface area contributed by atoms with E-state index in [0.717, 1.165) is 34.1 Å². The Morgan fingerprint density at radius 2 is 2.24 bits per heavy atom. The van der Waals surface area contributed by atoms with Crippen LogP contribution in [0.3, 0.4) is 0 Å². The summed E-state index contributed by atoms with van der Waals surface area (Å²) in [6, 6.07) is 7.76. The summed E-state index contributed by atoms with van der Waals surface area (Å²) in [4.78, 5) is 23.6. The average molecular weight is 377 g/mol. The first-order chi connectivity index (χ1) is 12.2. The third kappa shape index (κ3) is 5.15. The molecule has 0 aliphatic rings. The summed E-state index contributed by atoms with van der Waals surface area (Å²) in [5.74, 6) is 0.765. The predicted octanol–water partition coefficient (Wildman–Crippen LogP) is 3.66. The first-order valence-electron chi connectivity index (χ1n) is 7.94. The molecule has 3 rings (SSSR count). The number of amides is 1. The number of nitrogens with two attached hydrogens (primary N) is 1. The molecular formula is C17H19N3O3S2. The zero-order valence-electron chi connectivity index (χ0n) is 13.6. The van der Waals surface area contributed by atoms with Crippen LogP contribution in [0.2, 0.25) is 0 Å². The van der Waals surface area contributed by atoms with Gasteiger partial charge in [-0.05, 0) is 36.4 Å². The van der Waals surface area contributed by atoms with Gasteiger partial charge in [0.05, 0.1) is 23.4 Å². The number of aromatic nitrogens is 1. The Morgan fingerprint density at radius 3 is 3.00 bits per heavy atom. The van der Waals surface area contributed by atoms with Crippen molar-refractivity contribution < 1.29 is 14.0 Å². The maximum Gasteiger partial charge on any atom is 0.243 e. The smallest absolute Gasteiger partial charge is 0.243 e. The molecule has 6 nitrogen and oxygen atoms in total. The van der Waals surface area contributed by atoms with Crippen molar-refractivity contribution in [1.29, 1.82) is 0 Å². The van der Waals surface area contributed by atoms with E-state index < -0.39 is 0 Å². The van der Waals surface area contributed by atoms with Crippen molar-refractivity contribution in [3.63, 3.8) is 0 Å². The van der Waals surface area contributed by atoms with Crippen molar-refractivity contribution in [2.75, 3.05) is 12.3 Å². The summed E-state index contributed by atoms with van der Waals surface area (Å²) in [6.45, 7) is 0.445. The van der Waals surface area contributed by atoms with Crippen LogP contribution in [-0.2, 0) is 22.5 Å². The summed E-state index contributed by atoms with van der Waals surface area (Å²) in [7, 11) is 0. The molecule has 3 aromatic heterocycles. The molecule has 0 aromatic carbocycles. The van der Waals surface area contributed by atoms with Gasteiger partial charge in [0.2, 0.25) is 5.91 Å². The summed E-state index contributed by atoms with van der Waals surface area (Å²) in [5, 5.41) is 2.52. The Hall–Kier alpha value is -2.16. The van der Waals surface area contributed by atoms with Gasteiger partial charge in [-0.1, -0.05) is 6.07 Å². The van der Waals surface area contributed by atoms with E-state index in [9.17, 15) is 4.79 Å². The number of nitrogens with zero attached hydrogens (tertiary/aromatic N) is 1. The van der Waals surface area contributed by atoms with Crippen LogP contribution in [0.1, 0.15) is 23.5 Å². The minimum atomic E-state index is -0.151. The van der Waals surface area contributed by atoms with E-state index in [1.807, 2.05) is 29.6 Å². The van der Waals surface area contributed by atoms with Crippen LogP contribution in [0, 0.1) is 0 Å². The second kappa shape index (κ2) is 8.80. The first-order valence-corrected chi connectivity index (χ1v) is 9.64. The molecule has 25 heavy (non-hydrogen) atoms. The summed E-state index contributed by atoms with van der Waals surface area (Å²) >= 11 is 3.04. The van der Waals surface area contributed by atoms with Crippen LogP contribution in [0.15, 0.2) is 40.3 Å². The minimum Gasteiger partial charge on any atom is -0.469 e. The van der Waals surface area contributed by atoms with Gasteiger partial charge in [-0.2, -0.15) is 0 Å². The number of furan rings is 1. The lowest BCUT2D eigenvalue weighted by molar-refractivity contribution is -0.133. The Balaban J connectivity index is 1.39.